The first-order valence-corrected chi connectivity index (χ1v) is 9.29. The predicted molar refractivity (Wildman–Crippen MR) is 108 cm³/mol. The Morgan fingerprint density at radius 2 is 1.96 bits per heavy atom. The number of rotatable bonds is 3. The van der Waals surface area contributed by atoms with Crippen molar-refractivity contribution >= 4 is 39.8 Å². The SMILES string of the molecule is Cc1ccc(Nc2c(C(=O)N3CCOCC3)cnc3ccccc23)cc1Cl. The Bertz CT molecular complexity index is 1000. The van der Waals surface area contributed by atoms with Crippen molar-refractivity contribution in [3.8, 4) is 0 Å². The van der Waals surface area contributed by atoms with Crippen molar-refractivity contribution in [3.63, 3.8) is 0 Å². The van der Waals surface area contributed by atoms with E-state index >= 15 is 0 Å². The zero-order valence-electron chi connectivity index (χ0n) is 15.0. The lowest BCUT2D eigenvalue weighted by atomic mass is 10.1. The van der Waals surface area contributed by atoms with Gasteiger partial charge >= 0.3 is 0 Å². The van der Waals surface area contributed by atoms with E-state index in [-0.39, 0.29) is 5.91 Å². The Balaban J connectivity index is 1.79. The molecule has 0 bridgehead atoms. The zero-order chi connectivity index (χ0) is 18.8. The van der Waals surface area contributed by atoms with Gasteiger partial charge in [0.1, 0.15) is 0 Å². The molecule has 1 aliphatic rings. The Kier molecular flexibility index (Phi) is 4.97. The smallest absolute Gasteiger partial charge is 0.257 e. The Morgan fingerprint density at radius 3 is 2.74 bits per heavy atom. The molecule has 1 fully saturated rings. The highest BCUT2D eigenvalue weighted by Gasteiger charge is 2.23. The summed E-state index contributed by atoms with van der Waals surface area (Å²) in [7, 11) is 0. The maximum absolute atomic E-state index is 13.1. The van der Waals surface area contributed by atoms with Gasteiger partial charge < -0.3 is 15.0 Å². The summed E-state index contributed by atoms with van der Waals surface area (Å²) >= 11 is 6.28. The van der Waals surface area contributed by atoms with Crippen LogP contribution in [0.5, 0.6) is 0 Å². The molecule has 0 saturated carbocycles. The normalized spacial score (nSPS) is 14.4. The number of morpholine rings is 1. The molecule has 1 aromatic heterocycles. The second-order valence-electron chi connectivity index (χ2n) is 6.56. The molecule has 1 amide bonds. The van der Waals surface area contributed by atoms with Gasteiger partial charge in [-0.1, -0.05) is 35.9 Å². The Labute approximate surface area is 162 Å². The summed E-state index contributed by atoms with van der Waals surface area (Å²) in [6, 6.07) is 13.6. The lowest BCUT2D eigenvalue weighted by Crippen LogP contribution is -2.41. The largest absolute Gasteiger partial charge is 0.378 e. The van der Waals surface area contributed by atoms with Crippen molar-refractivity contribution in [1.29, 1.82) is 0 Å². The van der Waals surface area contributed by atoms with Crippen LogP contribution in [-0.4, -0.2) is 42.1 Å². The minimum Gasteiger partial charge on any atom is -0.378 e. The molecular formula is C21H20ClN3O2. The van der Waals surface area contributed by atoms with Gasteiger partial charge in [-0.15, -0.1) is 0 Å². The average Bonchev–Trinajstić information content (AvgIpc) is 2.71. The molecule has 27 heavy (non-hydrogen) atoms. The number of halogens is 1. The monoisotopic (exact) mass is 381 g/mol. The summed E-state index contributed by atoms with van der Waals surface area (Å²) in [4.78, 5) is 19.4. The van der Waals surface area contributed by atoms with Gasteiger partial charge in [0.05, 0.1) is 30.0 Å². The van der Waals surface area contributed by atoms with Gasteiger partial charge in [-0.25, -0.2) is 0 Å². The highest BCUT2D eigenvalue weighted by molar-refractivity contribution is 6.31. The molecule has 1 N–H and O–H groups in total. The molecule has 5 nitrogen and oxygen atoms in total. The summed E-state index contributed by atoms with van der Waals surface area (Å²) in [6.07, 6.45) is 1.65. The Morgan fingerprint density at radius 1 is 1.19 bits per heavy atom. The van der Waals surface area contributed by atoms with E-state index in [0.29, 0.717) is 36.9 Å². The highest BCUT2D eigenvalue weighted by atomic mass is 35.5. The van der Waals surface area contributed by atoms with Crippen LogP contribution in [0.4, 0.5) is 11.4 Å². The van der Waals surface area contributed by atoms with Crippen LogP contribution in [0.1, 0.15) is 15.9 Å². The number of hydrogen-bond acceptors (Lipinski definition) is 4. The van der Waals surface area contributed by atoms with Crippen molar-refractivity contribution < 1.29 is 9.53 Å². The van der Waals surface area contributed by atoms with Crippen LogP contribution < -0.4 is 5.32 Å². The molecule has 2 heterocycles. The molecule has 0 spiro atoms. The standard InChI is InChI=1S/C21H20ClN3O2/c1-14-6-7-15(12-18(14)22)24-20-16-4-2-3-5-19(16)23-13-17(20)21(26)25-8-10-27-11-9-25/h2-7,12-13H,8-11H2,1H3,(H,23,24). The van der Waals surface area contributed by atoms with Crippen LogP contribution in [0, 0.1) is 6.92 Å². The van der Waals surface area contributed by atoms with Gasteiger partial charge in [0.2, 0.25) is 0 Å². The third kappa shape index (κ3) is 3.61. The molecule has 4 rings (SSSR count). The van der Waals surface area contributed by atoms with E-state index in [9.17, 15) is 4.79 Å². The van der Waals surface area contributed by atoms with Crippen molar-refractivity contribution in [3.05, 3.63) is 64.8 Å². The van der Waals surface area contributed by atoms with Crippen molar-refractivity contribution in [2.24, 2.45) is 0 Å². The molecule has 1 aliphatic heterocycles. The molecule has 0 unspecified atom stereocenters. The third-order valence-corrected chi connectivity index (χ3v) is 5.15. The number of nitrogens with one attached hydrogen (secondary N) is 1. The van der Waals surface area contributed by atoms with Crippen molar-refractivity contribution in [1.82, 2.24) is 9.88 Å². The summed E-state index contributed by atoms with van der Waals surface area (Å²) in [5.41, 5.74) is 3.96. The topological polar surface area (TPSA) is 54.5 Å². The minimum atomic E-state index is -0.0442. The number of hydrogen-bond donors (Lipinski definition) is 1. The number of para-hydroxylation sites is 1. The van der Waals surface area contributed by atoms with E-state index < -0.39 is 0 Å². The van der Waals surface area contributed by atoms with E-state index in [1.54, 1.807) is 6.20 Å². The maximum atomic E-state index is 13.1. The lowest BCUT2D eigenvalue weighted by molar-refractivity contribution is 0.0303. The third-order valence-electron chi connectivity index (χ3n) is 4.75. The summed E-state index contributed by atoms with van der Waals surface area (Å²) in [5.74, 6) is -0.0442. The van der Waals surface area contributed by atoms with E-state index in [0.717, 1.165) is 27.8 Å². The van der Waals surface area contributed by atoms with E-state index in [1.807, 2.05) is 54.3 Å². The van der Waals surface area contributed by atoms with Crippen LogP contribution in [0.2, 0.25) is 5.02 Å². The summed E-state index contributed by atoms with van der Waals surface area (Å²) < 4.78 is 5.37. The van der Waals surface area contributed by atoms with Gasteiger partial charge in [0, 0.05) is 35.4 Å². The Hall–Kier alpha value is -2.63. The molecular weight excluding hydrogens is 362 g/mol. The van der Waals surface area contributed by atoms with Crippen molar-refractivity contribution in [2.45, 2.75) is 6.92 Å². The number of benzene rings is 2. The number of fused-ring (bicyclic) bond motifs is 1. The zero-order valence-corrected chi connectivity index (χ0v) is 15.8. The van der Waals surface area contributed by atoms with Crippen LogP contribution in [0.25, 0.3) is 10.9 Å². The van der Waals surface area contributed by atoms with Gasteiger partial charge in [-0.05, 0) is 30.7 Å². The fourth-order valence-corrected chi connectivity index (χ4v) is 3.37. The van der Waals surface area contributed by atoms with Gasteiger partial charge in [0.15, 0.2) is 0 Å². The second kappa shape index (κ2) is 7.55. The number of anilines is 2. The molecule has 138 valence electrons. The average molecular weight is 382 g/mol. The molecule has 0 atom stereocenters. The maximum Gasteiger partial charge on any atom is 0.257 e. The van der Waals surface area contributed by atoms with Crippen molar-refractivity contribution in [2.75, 3.05) is 31.6 Å². The first-order valence-electron chi connectivity index (χ1n) is 8.91. The highest BCUT2D eigenvalue weighted by Crippen LogP contribution is 2.31. The van der Waals surface area contributed by atoms with Crippen LogP contribution >= 0.6 is 11.6 Å². The number of carbonyl (C=O) groups excluding carboxylic acids is 1. The predicted octanol–water partition coefficient (Wildman–Crippen LogP) is 4.41. The molecule has 0 aliphatic carbocycles. The van der Waals surface area contributed by atoms with Gasteiger partial charge in [-0.2, -0.15) is 0 Å². The van der Waals surface area contributed by atoms with Gasteiger partial charge in [0.25, 0.3) is 5.91 Å². The minimum absolute atomic E-state index is 0.0442. The fraction of sp³-hybridized carbons (Fsp3) is 0.238. The molecule has 2 aromatic carbocycles. The number of aryl methyl sites for hydroxylation is 1. The first kappa shape index (κ1) is 17.8. The van der Waals surface area contributed by atoms with Crippen LogP contribution in [-0.2, 0) is 4.74 Å². The first-order chi connectivity index (χ1) is 13.1. The number of nitrogens with zero attached hydrogens (tertiary/aromatic N) is 2. The molecule has 6 heteroatoms. The van der Waals surface area contributed by atoms with Crippen LogP contribution in [0.15, 0.2) is 48.7 Å². The van der Waals surface area contributed by atoms with E-state index in [1.165, 1.54) is 0 Å². The van der Waals surface area contributed by atoms with Crippen LogP contribution in [0.3, 0.4) is 0 Å². The fourth-order valence-electron chi connectivity index (χ4n) is 3.19. The second-order valence-corrected chi connectivity index (χ2v) is 6.96. The number of amides is 1. The number of ether oxygens (including phenoxy) is 1. The molecule has 0 radical (unpaired) electrons. The van der Waals surface area contributed by atoms with E-state index in [2.05, 4.69) is 10.3 Å². The number of carbonyl (C=O) groups is 1. The quantitative estimate of drug-likeness (QED) is 0.730. The number of aromatic nitrogens is 1. The summed E-state index contributed by atoms with van der Waals surface area (Å²) in [5, 5.41) is 4.98. The molecule has 1 saturated heterocycles. The van der Waals surface area contributed by atoms with Gasteiger partial charge in [-0.3, -0.25) is 9.78 Å². The lowest BCUT2D eigenvalue weighted by Gasteiger charge is -2.28. The van der Waals surface area contributed by atoms with E-state index in [4.69, 9.17) is 16.3 Å². The number of pyridine rings is 1. The summed E-state index contributed by atoms with van der Waals surface area (Å²) in [6.45, 7) is 4.25. The molecule has 3 aromatic rings.